The second kappa shape index (κ2) is 6.55. The van der Waals surface area contributed by atoms with E-state index >= 15 is 0 Å². The maximum Gasteiger partial charge on any atom is 0.0208 e. The molecule has 2 rings (SSSR count). The predicted molar refractivity (Wildman–Crippen MR) is 77.2 cm³/mol. The number of aryl methyl sites for hydroxylation is 1. The molecule has 0 spiro atoms. The lowest BCUT2D eigenvalue weighted by molar-refractivity contribution is 0.459. The van der Waals surface area contributed by atoms with Crippen LogP contribution in [0.3, 0.4) is 0 Å². The van der Waals surface area contributed by atoms with Crippen molar-refractivity contribution in [1.82, 2.24) is 5.32 Å². The van der Waals surface area contributed by atoms with E-state index in [4.69, 9.17) is 0 Å². The summed E-state index contributed by atoms with van der Waals surface area (Å²) < 4.78 is 1.22. The summed E-state index contributed by atoms with van der Waals surface area (Å²) in [5.41, 5.74) is 2.69. The maximum atomic E-state index is 3.70. The minimum atomic E-state index is 0.734. The zero-order chi connectivity index (χ0) is 12.1. The molecule has 0 bridgehead atoms. The highest BCUT2D eigenvalue weighted by Gasteiger charge is 2.11. The van der Waals surface area contributed by atoms with Gasteiger partial charge in [0, 0.05) is 17.1 Å². The fraction of sp³-hybridized carbons (Fsp3) is 0.600. The molecule has 0 atom stereocenters. The van der Waals surface area contributed by atoms with Crippen LogP contribution in [0.5, 0.6) is 0 Å². The third-order valence-electron chi connectivity index (χ3n) is 3.69. The van der Waals surface area contributed by atoms with Crippen molar-refractivity contribution in [1.29, 1.82) is 0 Å². The zero-order valence-corrected chi connectivity index (χ0v) is 12.2. The molecule has 1 saturated carbocycles. The van der Waals surface area contributed by atoms with E-state index in [2.05, 4.69) is 46.4 Å². The molecule has 1 aromatic carbocycles. The summed E-state index contributed by atoms with van der Waals surface area (Å²) in [7, 11) is 0. The Kier molecular flexibility index (Phi) is 5.05. The van der Waals surface area contributed by atoms with Gasteiger partial charge in [0.2, 0.25) is 0 Å². The fourth-order valence-corrected chi connectivity index (χ4v) is 2.92. The lowest BCUT2D eigenvalue weighted by Gasteiger charge is -2.16. The molecule has 0 radical (unpaired) electrons. The van der Waals surface area contributed by atoms with E-state index in [9.17, 15) is 0 Å². The van der Waals surface area contributed by atoms with Crippen LogP contribution in [-0.2, 0) is 6.54 Å². The van der Waals surface area contributed by atoms with E-state index < -0.39 is 0 Å². The van der Waals surface area contributed by atoms with E-state index in [1.807, 2.05) is 0 Å². The summed E-state index contributed by atoms with van der Waals surface area (Å²) in [5, 5.41) is 3.70. The van der Waals surface area contributed by atoms with Gasteiger partial charge in [0.05, 0.1) is 0 Å². The largest absolute Gasteiger partial charge is 0.310 e. The molecule has 1 N–H and O–H groups in total. The average Bonchev–Trinajstić information content (AvgIpc) is 2.59. The molecule has 94 valence electrons. The van der Waals surface area contributed by atoms with Gasteiger partial charge >= 0.3 is 0 Å². The van der Waals surface area contributed by atoms with Crippen LogP contribution in [0.4, 0.5) is 0 Å². The van der Waals surface area contributed by atoms with Gasteiger partial charge in [0.15, 0.2) is 0 Å². The molecule has 17 heavy (non-hydrogen) atoms. The minimum absolute atomic E-state index is 0.734. The zero-order valence-electron chi connectivity index (χ0n) is 10.6. The Hall–Kier alpha value is -0.340. The van der Waals surface area contributed by atoms with Gasteiger partial charge in [-0.3, -0.25) is 0 Å². The Morgan fingerprint density at radius 2 is 1.88 bits per heavy atom. The Morgan fingerprint density at radius 3 is 2.53 bits per heavy atom. The molecule has 1 aliphatic carbocycles. The molecule has 1 fully saturated rings. The highest BCUT2D eigenvalue weighted by Crippen LogP contribution is 2.19. The minimum Gasteiger partial charge on any atom is -0.310 e. The Balaban J connectivity index is 1.85. The lowest BCUT2D eigenvalue weighted by atomic mass is 10.1. The maximum absolute atomic E-state index is 3.70. The van der Waals surface area contributed by atoms with Gasteiger partial charge < -0.3 is 5.32 Å². The fourth-order valence-electron chi connectivity index (χ4n) is 2.49. The van der Waals surface area contributed by atoms with Gasteiger partial charge in [-0.15, -0.1) is 0 Å². The van der Waals surface area contributed by atoms with Crippen molar-refractivity contribution in [2.75, 3.05) is 0 Å². The molecular formula is C15H22BrN. The Bertz CT molecular complexity index is 354. The molecule has 0 aromatic heterocycles. The number of hydrogen-bond acceptors (Lipinski definition) is 1. The highest BCUT2D eigenvalue weighted by atomic mass is 79.9. The van der Waals surface area contributed by atoms with Gasteiger partial charge in [-0.1, -0.05) is 53.7 Å². The van der Waals surface area contributed by atoms with Crippen LogP contribution in [-0.4, -0.2) is 6.04 Å². The Labute approximate surface area is 113 Å². The smallest absolute Gasteiger partial charge is 0.0208 e. The van der Waals surface area contributed by atoms with Crippen molar-refractivity contribution >= 4 is 15.9 Å². The summed E-state index contributed by atoms with van der Waals surface area (Å²) in [6.45, 7) is 3.14. The summed E-state index contributed by atoms with van der Waals surface area (Å²) in [5.74, 6) is 0. The second-order valence-electron chi connectivity index (χ2n) is 5.15. The van der Waals surface area contributed by atoms with Crippen molar-refractivity contribution < 1.29 is 0 Å². The van der Waals surface area contributed by atoms with E-state index in [1.54, 1.807) is 0 Å². The molecule has 0 amide bonds. The predicted octanol–water partition coefficient (Wildman–Crippen LogP) is 4.57. The quantitative estimate of drug-likeness (QED) is 0.806. The molecular weight excluding hydrogens is 274 g/mol. The standard InChI is InChI=1S/C15H22BrN/c1-12-8-9-13(10-15(12)16)11-17-14-6-4-2-3-5-7-14/h8-10,14,17H,2-7,11H2,1H3. The number of hydrogen-bond donors (Lipinski definition) is 1. The van der Waals surface area contributed by atoms with Crippen molar-refractivity contribution in [2.24, 2.45) is 0 Å². The molecule has 2 heteroatoms. The first kappa shape index (κ1) is 13.1. The van der Waals surface area contributed by atoms with Crippen molar-refractivity contribution in [3.63, 3.8) is 0 Å². The molecule has 0 heterocycles. The normalized spacial score (nSPS) is 18.0. The van der Waals surface area contributed by atoms with E-state index in [1.165, 1.54) is 54.1 Å². The van der Waals surface area contributed by atoms with Gasteiger partial charge in [0.25, 0.3) is 0 Å². The van der Waals surface area contributed by atoms with Crippen LogP contribution in [0.2, 0.25) is 0 Å². The molecule has 0 saturated heterocycles. The monoisotopic (exact) mass is 295 g/mol. The summed E-state index contributed by atoms with van der Waals surface area (Å²) in [6, 6.07) is 7.38. The van der Waals surface area contributed by atoms with Crippen LogP contribution in [0, 0.1) is 6.92 Å². The highest BCUT2D eigenvalue weighted by molar-refractivity contribution is 9.10. The van der Waals surface area contributed by atoms with Crippen molar-refractivity contribution in [3.8, 4) is 0 Å². The number of rotatable bonds is 3. The molecule has 0 unspecified atom stereocenters. The van der Waals surface area contributed by atoms with Gasteiger partial charge in [-0.2, -0.15) is 0 Å². The summed E-state index contributed by atoms with van der Waals surface area (Å²) in [6.07, 6.45) is 8.35. The second-order valence-corrected chi connectivity index (χ2v) is 6.01. The molecule has 0 aliphatic heterocycles. The van der Waals surface area contributed by atoms with Crippen LogP contribution >= 0.6 is 15.9 Å². The third-order valence-corrected chi connectivity index (χ3v) is 4.54. The van der Waals surface area contributed by atoms with Crippen LogP contribution < -0.4 is 5.32 Å². The molecule has 1 aromatic rings. The number of benzene rings is 1. The van der Waals surface area contributed by atoms with E-state index in [0.717, 1.165) is 12.6 Å². The van der Waals surface area contributed by atoms with Gasteiger partial charge in [0.1, 0.15) is 0 Å². The summed E-state index contributed by atoms with van der Waals surface area (Å²) >= 11 is 3.60. The number of nitrogens with one attached hydrogen (secondary N) is 1. The lowest BCUT2D eigenvalue weighted by Crippen LogP contribution is -2.27. The molecule has 1 nitrogen and oxygen atoms in total. The number of halogens is 1. The van der Waals surface area contributed by atoms with Gasteiger partial charge in [-0.05, 0) is 37.0 Å². The summed E-state index contributed by atoms with van der Waals surface area (Å²) in [4.78, 5) is 0. The average molecular weight is 296 g/mol. The molecule has 1 aliphatic rings. The van der Waals surface area contributed by atoms with Gasteiger partial charge in [-0.25, -0.2) is 0 Å². The first-order valence-corrected chi connectivity index (χ1v) is 7.53. The van der Waals surface area contributed by atoms with E-state index in [0.29, 0.717) is 0 Å². The SMILES string of the molecule is Cc1ccc(CNC2CCCCCC2)cc1Br. The van der Waals surface area contributed by atoms with Crippen molar-refractivity contribution in [3.05, 3.63) is 33.8 Å². The van der Waals surface area contributed by atoms with Crippen LogP contribution in [0.15, 0.2) is 22.7 Å². The Morgan fingerprint density at radius 1 is 1.18 bits per heavy atom. The van der Waals surface area contributed by atoms with E-state index in [-0.39, 0.29) is 0 Å². The first-order valence-electron chi connectivity index (χ1n) is 6.74. The van der Waals surface area contributed by atoms with Crippen LogP contribution in [0.1, 0.15) is 49.7 Å². The third kappa shape index (κ3) is 4.11. The van der Waals surface area contributed by atoms with Crippen molar-refractivity contribution in [2.45, 2.75) is 58.0 Å². The van der Waals surface area contributed by atoms with Crippen LogP contribution in [0.25, 0.3) is 0 Å². The topological polar surface area (TPSA) is 12.0 Å². The first-order chi connectivity index (χ1) is 8.25.